The minimum absolute atomic E-state index is 0.00616. The van der Waals surface area contributed by atoms with Gasteiger partial charge in [0.05, 0.1) is 5.70 Å². The smallest absolute Gasteiger partial charge is 0.278 e. The largest absolute Gasteiger partial charge is 0.279 e. The number of sulfonamides is 1. The van der Waals surface area contributed by atoms with Crippen LogP contribution in [0.4, 0.5) is 0 Å². The number of pyridine rings is 1. The van der Waals surface area contributed by atoms with Gasteiger partial charge in [-0.05, 0) is 29.7 Å². The van der Waals surface area contributed by atoms with Crippen molar-refractivity contribution in [1.29, 1.82) is 0 Å². The molecule has 0 spiro atoms. The molecule has 29 heavy (non-hydrogen) atoms. The lowest BCUT2D eigenvalue weighted by Gasteiger charge is -2.18. The number of rotatable bonds is 9. The Balaban J connectivity index is 2.02. The molecule has 5 heteroatoms. The van der Waals surface area contributed by atoms with Gasteiger partial charge in [0, 0.05) is 12.1 Å². The second-order valence-corrected chi connectivity index (χ2v) is 8.51. The van der Waals surface area contributed by atoms with Crippen molar-refractivity contribution in [3.05, 3.63) is 102 Å². The van der Waals surface area contributed by atoms with Crippen LogP contribution in [0.1, 0.15) is 43.2 Å². The zero-order valence-electron chi connectivity index (χ0n) is 16.5. The van der Waals surface area contributed by atoms with Crippen LogP contribution in [0.5, 0.6) is 0 Å². The molecule has 3 rings (SSSR count). The third-order valence-corrected chi connectivity index (χ3v) is 5.99. The van der Waals surface area contributed by atoms with E-state index in [1.807, 2.05) is 54.6 Å². The third-order valence-electron chi connectivity index (χ3n) is 4.71. The highest BCUT2D eigenvalue weighted by atomic mass is 32.2. The normalized spacial score (nSPS) is 13.1. The van der Waals surface area contributed by atoms with Crippen molar-refractivity contribution in [2.24, 2.45) is 0 Å². The minimum atomic E-state index is -3.79. The summed E-state index contributed by atoms with van der Waals surface area (Å²) in [5.41, 5.74) is 2.57. The van der Waals surface area contributed by atoms with Crippen molar-refractivity contribution in [3.63, 3.8) is 0 Å². The van der Waals surface area contributed by atoms with Crippen molar-refractivity contribution < 1.29 is 8.42 Å². The molecule has 0 fully saturated rings. The lowest BCUT2D eigenvalue weighted by atomic mass is 9.92. The van der Waals surface area contributed by atoms with Gasteiger partial charge in [0.1, 0.15) is 0 Å². The van der Waals surface area contributed by atoms with E-state index < -0.39 is 10.0 Å². The monoisotopic (exact) mass is 406 g/mol. The van der Waals surface area contributed by atoms with E-state index in [9.17, 15) is 8.42 Å². The highest BCUT2D eigenvalue weighted by Gasteiger charge is 2.19. The van der Waals surface area contributed by atoms with Crippen molar-refractivity contribution in [2.45, 2.75) is 37.1 Å². The molecule has 0 aliphatic heterocycles. The number of allylic oxidation sites excluding steroid dienone is 1. The van der Waals surface area contributed by atoms with E-state index in [1.54, 1.807) is 12.1 Å². The zero-order valence-corrected chi connectivity index (χ0v) is 17.3. The summed E-state index contributed by atoms with van der Waals surface area (Å²) in [6, 6.07) is 24.6. The molecule has 150 valence electrons. The van der Waals surface area contributed by atoms with Gasteiger partial charge in [-0.15, -0.1) is 0 Å². The summed E-state index contributed by atoms with van der Waals surface area (Å²) in [7, 11) is -3.79. The first-order valence-electron chi connectivity index (χ1n) is 9.86. The van der Waals surface area contributed by atoms with Crippen molar-refractivity contribution in [2.75, 3.05) is 0 Å². The average Bonchev–Trinajstić information content (AvgIpc) is 2.77. The summed E-state index contributed by atoms with van der Waals surface area (Å²) in [6.45, 7) is 2.16. The molecular formula is C24H26N2O2S. The van der Waals surface area contributed by atoms with Crippen molar-refractivity contribution in [3.8, 4) is 0 Å². The SMILES string of the molecule is CCCC[C@H](/C=C(\NS(=O)(=O)c1ccccn1)c1ccccc1)c1ccccc1. The van der Waals surface area contributed by atoms with Gasteiger partial charge in [0.25, 0.3) is 10.0 Å². The first-order chi connectivity index (χ1) is 14.1. The van der Waals surface area contributed by atoms with E-state index in [2.05, 4.69) is 28.8 Å². The number of hydrogen-bond donors (Lipinski definition) is 1. The van der Waals surface area contributed by atoms with Crippen LogP contribution in [-0.2, 0) is 10.0 Å². The van der Waals surface area contributed by atoms with E-state index in [1.165, 1.54) is 17.8 Å². The van der Waals surface area contributed by atoms with Gasteiger partial charge >= 0.3 is 0 Å². The molecule has 0 aliphatic carbocycles. The van der Waals surface area contributed by atoms with Crippen molar-refractivity contribution in [1.82, 2.24) is 9.71 Å². The Morgan fingerprint density at radius 2 is 1.62 bits per heavy atom. The Labute approximate surface area is 173 Å². The van der Waals surface area contributed by atoms with Crippen LogP contribution >= 0.6 is 0 Å². The van der Waals surface area contributed by atoms with E-state index >= 15 is 0 Å². The second kappa shape index (κ2) is 10.0. The van der Waals surface area contributed by atoms with Crippen molar-refractivity contribution >= 4 is 15.7 Å². The maximum Gasteiger partial charge on any atom is 0.279 e. The lowest BCUT2D eigenvalue weighted by molar-refractivity contribution is 0.587. The zero-order chi connectivity index (χ0) is 20.5. The van der Waals surface area contributed by atoms with Gasteiger partial charge in [0.2, 0.25) is 0 Å². The molecular weight excluding hydrogens is 380 g/mol. The Bertz CT molecular complexity index is 1020. The minimum Gasteiger partial charge on any atom is -0.278 e. The fourth-order valence-corrected chi connectivity index (χ4v) is 4.22. The molecule has 1 aromatic heterocycles. The molecule has 1 N–H and O–H groups in total. The van der Waals surface area contributed by atoms with Gasteiger partial charge < -0.3 is 0 Å². The summed E-state index contributed by atoms with van der Waals surface area (Å²) in [6.07, 6.45) is 6.60. The first kappa shape index (κ1) is 20.8. The van der Waals surface area contributed by atoms with Crippen LogP contribution in [0, 0.1) is 0 Å². The van der Waals surface area contributed by atoms with Gasteiger partial charge in [-0.3, -0.25) is 4.72 Å². The molecule has 2 aromatic carbocycles. The fourth-order valence-electron chi connectivity index (χ4n) is 3.18. The molecule has 1 heterocycles. The molecule has 0 unspecified atom stereocenters. The highest BCUT2D eigenvalue weighted by molar-refractivity contribution is 7.89. The van der Waals surface area contributed by atoms with Crippen LogP contribution in [0.25, 0.3) is 5.70 Å². The van der Waals surface area contributed by atoms with Crippen LogP contribution in [0.3, 0.4) is 0 Å². The molecule has 0 bridgehead atoms. The number of hydrogen-bond acceptors (Lipinski definition) is 3. The van der Waals surface area contributed by atoms with E-state index in [4.69, 9.17) is 0 Å². The first-order valence-corrected chi connectivity index (χ1v) is 11.3. The predicted octanol–water partition coefficient (Wildman–Crippen LogP) is 5.38. The van der Waals surface area contributed by atoms with Crippen LogP contribution in [-0.4, -0.2) is 13.4 Å². The van der Waals surface area contributed by atoms with Crippen LogP contribution < -0.4 is 4.72 Å². The maximum absolute atomic E-state index is 12.9. The summed E-state index contributed by atoms with van der Waals surface area (Å²) >= 11 is 0. The lowest BCUT2D eigenvalue weighted by Crippen LogP contribution is -2.23. The van der Waals surface area contributed by atoms with E-state index in [0.29, 0.717) is 5.70 Å². The fraction of sp³-hybridized carbons (Fsp3) is 0.208. The Morgan fingerprint density at radius 3 is 2.24 bits per heavy atom. The summed E-state index contributed by atoms with van der Waals surface area (Å²) in [5, 5.41) is 0.00616. The Hall–Kier alpha value is -2.92. The summed E-state index contributed by atoms with van der Waals surface area (Å²) < 4.78 is 28.6. The van der Waals surface area contributed by atoms with Gasteiger partial charge in [-0.2, -0.15) is 8.42 Å². The van der Waals surface area contributed by atoms with Gasteiger partial charge in [0.15, 0.2) is 5.03 Å². The van der Waals surface area contributed by atoms with E-state index in [0.717, 1.165) is 24.8 Å². The number of nitrogens with one attached hydrogen (secondary N) is 1. The molecule has 4 nitrogen and oxygen atoms in total. The molecule has 1 atom stereocenters. The van der Waals surface area contributed by atoms with Gasteiger partial charge in [-0.25, -0.2) is 4.98 Å². The number of nitrogens with zero attached hydrogens (tertiary/aromatic N) is 1. The Morgan fingerprint density at radius 1 is 0.966 bits per heavy atom. The quantitative estimate of drug-likeness (QED) is 0.519. The molecule has 0 aliphatic rings. The van der Waals surface area contributed by atoms with Gasteiger partial charge in [-0.1, -0.05) is 92.6 Å². The van der Waals surface area contributed by atoms with E-state index in [-0.39, 0.29) is 10.9 Å². The summed E-state index contributed by atoms with van der Waals surface area (Å²) in [4.78, 5) is 4.01. The topological polar surface area (TPSA) is 59.1 Å². The standard InChI is InChI=1S/C24H26N2O2S/c1-2-3-12-22(20-13-6-4-7-14-20)19-23(21-15-8-5-9-16-21)26-29(27,28)24-17-10-11-18-25-24/h4-11,13-19,22,26H,2-3,12H2,1H3/b23-19-/t22-/m1/s1. The van der Waals surface area contributed by atoms with Crippen LogP contribution in [0.15, 0.2) is 96.2 Å². The molecule has 3 aromatic rings. The highest BCUT2D eigenvalue weighted by Crippen LogP contribution is 2.27. The maximum atomic E-state index is 12.9. The Kier molecular flexibility index (Phi) is 7.19. The van der Waals surface area contributed by atoms with Crippen LogP contribution in [0.2, 0.25) is 0 Å². The molecule has 0 amide bonds. The number of benzene rings is 2. The number of unbranched alkanes of at least 4 members (excludes halogenated alkanes) is 1. The average molecular weight is 407 g/mol. The predicted molar refractivity (Wildman–Crippen MR) is 118 cm³/mol. The molecule has 0 radical (unpaired) electrons. The third kappa shape index (κ3) is 5.78. The summed E-state index contributed by atoms with van der Waals surface area (Å²) in [5.74, 6) is 0.109. The number of aromatic nitrogens is 1. The molecule has 0 saturated carbocycles. The second-order valence-electron chi connectivity index (χ2n) is 6.88. The molecule has 0 saturated heterocycles.